The molecule has 0 aliphatic rings. The first kappa shape index (κ1) is 12.8. The second-order valence-corrected chi connectivity index (χ2v) is 6.00. The van der Waals surface area contributed by atoms with Gasteiger partial charge in [-0.25, -0.2) is 0 Å². The predicted molar refractivity (Wildman–Crippen MR) is 91.0 cm³/mol. The molecule has 8 heteroatoms. The number of nitrogens with one attached hydrogen (secondary N) is 3. The van der Waals surface area contributed by atoms with Gasteiger partial charge >= 0.3 is 0 Å². The first-order valence-corrected chi connectivity index (χ1v) is 7.56. The summed E-state index contributed by atoms with van der Waals surface area (Å²) in [7, 11) is 0. The number of rotatable bonds is 2. The molecule has 0 saturated heterocycles. The van der Waals surface area contributed by atoms with Crippen molar-refractivity contribution in [3.63, 3.8) is 0 Å². The second-order valence-electron chi connectivity index (χ2n) is 4.50. The number of aromatic nitrogens is 5. The quantitative estimate of drug-likeness (QED) is 0.346. The Morgan fingerprint density at radius 2 is 2.14 bits per heavy atom. The molecule has 6 nitrogen and oxygen atoms in total. The molecule has 0 unspecified atom stereocenters. The second kappa shape index (κ2) is 4.85. The number of halogens is 2. The van der Waals surface area contributed by atoms with E-state index in [-0.39, 0.29) is 5.28 Å². The molecule has 4 aromatic rings. The van der Waals surface area contributed by atoms with Gasteiger partial charge in [0, 0.05) is 20.8 Å². The lowest BCUT2D eigenvalue weighted by Crippen LogP contribution is -1.97. The van der Waals surface area contributed by atoms with Gasteiger partial charge in [-0.15, -0.1) is 0 Å². The van der Waals surface area contributed by atoms with Gasteiger partial charge in [0.15, 0.2) is 0 Å². The molecule has 0 aliphatic carbocycles. The molecule has 0 atom stereocenters. The first-order chi connectivity index (χ1) is 10.2. The molecular weight excluding hydrogens is 403 g/mol. The highest BCUT2D eigenvalue weighted by Crippen LogP contribution is 2.29. The van der Waals surface area contributed by atoms with E-state index in [9.17, 15) is 0 Å². The minimum atomic E-state index is 0.200. The molecule has 0 aliphatic heterocycles. The summed E-state index contributed by atoms with van der Waals surface area (Å²) in [6, 6.07) is 5.94. The van der Waals surface area contributed by atoms with E-state index in [0.29, 0.717) is 11.5 Å². The smallest absolute Gasteiger partial charge is 0.226 e. The maximum absolute atomic E-state index is 5.98. The molecule has 3 heterocycles. The highest BCUT2D eigenvalue weighted by Gasteiger charge is 2.12. The van der Waals surface area contributed by atoms with Gasteiger partial charge < -0.3 is 10.3 Å². The lowest BCUT2D eigenvalue weighted by atomic mass is 10.2. The molecular formula is C13H8ClIN6. The first-order valence-electron chi connectivity index (χ1n) is 6.11. The molecule has 4 rings (SSSR count). The Kier molecular flexibility index (Phi) is 2.96. The van der Waals surface area contributed by atoms with Crippen LogP contribution in [0.2, 0.25) is 5.28 Å². The lowest BCUT2D eigenvalue weighted by Gasteiger charge is -2.07. The van der Waals surface area contributed by atoms with Crippen molar-refractivity contribution in [1.29, 1.82) is 0 Å². The highest BCUT2D eigenvalue weighted by molar-refractivity contribution is 14.1. The van der Waals surface area contributed by atoms with E-state index < -0.39 is 0 Å². The van der Waals surface area contributed by atoms with Crippen molar-refractivity contribution in [2.24, 2.45) is 0 Å². The highest BCUT2D eigenvalue weighted by atomic mass is 127. The van der Waals surface area contributed by atoms with Crippen molar-refractivity contribution >= 4 is 67.6 Å². The molecule has 0 fully saturated rings. The monoisotopic (exact) mass is 410 g/mol. The summed E-state index contributed by atoms with van der Waals surface area (Å²) in [6.07, 6.45) is 3.66. The Balaban J connectivity index is 1.84. The van der Waals surface area contributed by atoms with E-state index in [1.807, 2.05) is 24.4 Å². The number of aromatic amines is 2. The summed E-state index contributed by atoms with van der Waals surface area (Å²) in [5, 5.41) is 12.4. The van der Waals surface area contributed by atoms with Gasteiger partial charge in [-0.1, -0.05) is 0 Å². The van der Waals surface area contributed by atoms with Crippen molar-refractivity contribution in [3.8, 4) is 0 Å². The Hall–Kier alpha value is -1.87. The van der Waals surface area contributed by atoms with E-state index in [2.05, 4.69) is 53.1 Å². The SMILES string of the molecule is Clc1nc(Nc2ccc3cn[nH]c3c2)c2c(I)c[nH]c2n1. The van der Waals surface area contributed by atoms with Crippen molar-refractivity contribution in [2.75, 3.05) is 5.32 Å². The predicted octanol–water partition coefficient (Wildman–Crippen LogP) is 3.84. The van der Waals surface area contributed by atoms with E-state index in [0.717, 1.165) is 25.5 Å². The number of hydrogen-bond donors (Lipinski definition) is 3. The zero-order chi connectivity index (χ0) is 14.4. The normalized spacial score (nSPS) is 11.3. The summed E-state index contributed by atoms with van der Waals surface area (Å²) < 4.78 is 1.03. The molecule has 0 bridgehead atoms. The van der Waals surface area contributed by atoms with Crippen molar-refractivity contribution in [1.82, 2.24) is 25.1 Å². The van der Waals surface area contributed by atoms with E-state index in [1.165, 1.54) is 0 Å². The Morgan fingerprint density at radius 3 is 3.05 bits per heavy atom. The number of anilines is 2. The van der Waals surface area contributed by atoms with Gasteiger partial charge in [0.2, 0.25) is 5.28 Å². The van der Waals surface area contributed by atoms with Crippen molar-refractivity contribution < 1.29 is 0 Å². The van der Waals surface area contributed by atoms with Crippen LogP contribution in [-0.2, 0) is 0 Å². The van der Waals surface area contributed by atoms with Crippen LogP contribution >= 0.6 is 34.2 Å². The summed E-state index contributed by atoms with van der Waals surface area (Å²) in [5.74, 6) is 0.675. The fourth-order valence-electron chi connectivity index (χ4n) is 2.21. The minimum Gasteiger partial charge on any atom is -0.345 e. The van der Waals surface area contributed by atoms with Gasteiger partial charge in [-0.05, 0) is 52.4 Å². The third-order valence-electron chi connectivity index (χ3n) is 3.16. The maximum atomic E-state index is 5.98. The molecule has 3 aromatic heterocycles. The van der Waals surface area contributed by atoms with Gasteiger partial charge in [-0.2, -0.15) is 15.1 Å². The molecule has 1 aromatic carbocycles. The molecule has 0 radical (unpaired) electrons. The summed E-state index contributed by atoms with van der Waals surface area (Å²) >= 11 is 8.21. The van der Waals surface area contributed by atoms with Crippen molar-refractivity contribution in [2.45, 2.75) is 0 Å². The van der Waals surface area contributed by atoms with Crippen LogP contribution in [0, 0.1) is 3.57 Å². The molecule has 3 N–H and O–H groups in total. The van der Waals surface area contributed by atoms with Gasteiger partial charge in [0.05, 0.1) is 17.1 Å². The lowest BCUT2D eigenvalue weighted by molar-refractivity contribution is 1.12. The summed E-state index contributed by atoms with van der Waals surface area (Å²) in [5.41, 5.74) is 2.57. The van der Waals surface area contributed by atoms with Crippen LogP contribution in [0.25, 0.3) is 21.9 Å². The third-order valence-corrected chi connectivity index (χ3v) is 4.18. The van der Waals surface area contributed by atoms with Crippen LogP contribution in [0.3, 0.4) is 0 Å². The fourth-order valence-corrected chi connectivity index (χ4v) is 3.05. The van der Waals surface area contributed by atoms with Gasteiger partial charge in [0.1, 0.15) is 11.5 Å². The largest absolute Gasteiger partial charge is 0.345 e. The van der Waals surface area contributed by atoms with Crippen LogP contribution in [0.1, 0.15) is 0 Å². The molecule has 0 saturated carbocycles. The van der Waals surface area contributed by atoms with Crippen LogP contribution in [-0.4, -0.2) is 25.1 Å². The van der Waals surface area contributed by atoms with Gasteiger partial charge in [-0.3, -0.25) is 5.10 Å². The van der Waals surface area contributed by atoms with E-state index in [1.54, 1.807) is 6.20 Å². The van der Waals surface area contributed by atoms with Crippen LogP contribution in [0.5, 0.6) is 0 Å². The van der Waals surface area contributed by atoms with Gasteiger partial charge in [0.25, 0.3) is 0 Å². The van der Waals surface area contributed by atoms with E-state index >= 15 is 0 Å². The average Bonchev–Trinajstić information content (AvgIpc) is 3.05. The molecule has 104 valence electrons. The van der Waals surface area contributed by atoms with E-state index in [4.69, 9.17) is 11.6 Å². The summed E-state index contributed by atoms with van der Waals surface area (Å²) in [4.78, 5) is 11.5. The standard InChI is InChI=1S/C13H8ClIN6/c14-13-19-11-10(8(15)5-16-11)12(20-13)18-7-2-1-6-4-17-21-9(6)3-7/h1-5H,(H,17,21)(H2,16,18,19,20). The topological polar surface area (TPSA) is 82.3 Å². The van der Waals surface area contributed by atoms with Crippen LogP contribution in [0.4, 0.5) is 11.5 Å². The minimum absolute atomic E-state index is 0.200. The average molecular weight is 411 g/mol. The van der Waals surface area contributed by atoms with Crippen LogP contribution < -0.4 is 5.32 Å². The van der Waals surface area contributed by atoms with Crippen molar-refractivity contribution in [3.05, 3.63) is 39.4 Å². The number of benzene rings is 1. The zero-order valence-corrected chi connectivity index (χ0v) is 13.4. The number of nitrogens with zero attached hydrogens (tertiary/aromatic N) is 3. The number of H-pyrrole nitrogens is 2. The Labute approximate surface area is 137 Å². The number of hydrogen-bond acceptors (Lipinski definition) is 4. The maximum Gasteiger partial charge on any atom is 0.226 e. The Bertz CT molecular complexity index is 960. The fraction of sp³-hybridized carbons (Fsp3) is 0. The number of fused-ring (bicyclic) bond motifs is 2. The summed E-state index contributed by atoms with van der Waals surface area (Å²) in [6.45, 7) is 0. The third kappa shape index (κ3) is 2.22. The molecule has 0 spiro atoms. The molecule has 21 heavy (non-hydrogen) atoms. The molecule has 0 amide bonds. The zero-order valence-electron chi connectivity index (χ0n) is 10.5. The van der Waals surface area contributed by atoms with Crippen LogP contribution in [0.15, 0.2) is 30.6 Å². The Morgan fingerprint density at radius 1 is 1.24 bits per heavy atom.